The van der Waals surface area contributed by atoms with E-state index in [4.69, 9.17) is 14.9 Å². The van der Waals surface area contributed by atoms with Gasteiger partial charge in [-0.15, -0.1) is 12.4 Å². The molecule has 0 aromatic carbocycles. The Morgan fingerprint density at radius 3 is 2.15 bits per heavy atom. The van der Waals surface area contributed by atoms with E-state index in [-0.39, 0.29) is 44.0 Å². The predicted octanol–water partition coefficient (Wildman–Crippen LogP) is 1.92. The number of aliphatic hydroxyl groups is 2. The number of ether oxygens (including phenoxy) is 1. The van der Waals surface area contributed by atoms with Crippen LogP contribution in [0.3, 0.4) is 0 Å². The van der Waals surface area contributed by atoms with Crippen molar-refractivity contribution in [2.75, 3.05) is 39.4 Å². The Morgan fingerprint density at radius 1 is 1.15 bits per heavy atom. The number of halogens is 3. The first kappa shape index (κ1) is 25.3. The number of carbonyl (C=O) groups excluding carboxylic acids is 1. The van der Waals surface area contributed by atoms with Crippen LogP contribution in [0.2, 0.25) is 0 Å². The maximum Gasteiger partial charge on any atom is 0.410 e. The summed E-state index contributed by atoms with van der Waals surface area (Å²) in [5.41, 5.74) is -0.559. The number of rotatable bonds is 2. The van der Waals surface area contributed by atoms with E-state index in [0.717, 1.165) is 13.0 Å². The molecule has 4 unspecified atom stereocenters. The number of alkyl halides is 2. The number of amides is 1. The number of nitrogens with one attached hydrogen (secondary N) is 1. The second-order valence-electron chi connectivity index (χ2n) is 7.63. The van der Waals surface area contributed by atoms with Crippen LogP contribution < -0.4 is 5.32 Å². The molecule has 0 spiro atoms. The summed E-state index contributed by atoms with van der Waals surface area (Å²) in [6.07, 6.45) is -1.24. The molecular formula is C17H33ClF2N2O4. The van der Waals surface area contributed by atoms with Crippen molar-refractivity contribution in [3.8, 4) is 0 Å². The summed E-state index contributed by atoms with van der Waals surface area (Å²) in [6.45, 7) is 6.86. The SMILES string of the molecule is CC(C)(C)OC(=O)N1CCC(CO)C(F)C1.Cl.OCC1CCNCC1F. The largest absolute Gasteiger partial charge is 0.444 e. The molecule has 9 heteroatoms. The van der Waals surface area contributed by atoms with E-state index >= 15 is 0 Å². The first-order valence-electron chi connectivity index (χ1n) is 8.86. The lowest BCUT2D eigenvalue weighted by atomic mass is 9.96. The molecule has 0 radical (unpaired) electrons. The fourth-order valence-corrected chi connectivity index (χ4v) is 2.73. The van der Waals surface area contributed by atoms with Crippen LogP contribution >= 0.6 is 12.4 Å². The van der Waals surface area contributed by atoms with Crippen LogP contribution in [0.15, 0.2) is 0 Å². The Bertz CT molecular complexity index is 413. The Morgan fingerprint density at radius 2 is 1.73 bits per heavy atom. The fourth-order valence-electron chi connectivity index (χ4n) is 2.73. The maximum absolute atomic E-state index is 13.5. The molecule has 1 amide bonds. The summed E-state index contributed by atoms with van der Waals surface area (Å²) in [5, 5.41) is 20.4. The van der Waals surface area contributed by atoms with Crippen molar-refractivity contribution >= 4 is 18.5 Å². The normalized spacial score (nSPS) is 29.1. The molecule has 0 aromatic heterocycles. The molecule has 2 saturated heterocycles. The van der Waals surface area contributed by atoms with E-state index in [1.807, 2.05) is 0 Å². The van der Waals surface area contributed by atoms with Gasteiger partial charge in [-0.3, -0.25) is 0 Å². The van der Waals surface area contributed by atoms with Gasteiger partial charge in [0, 0.05) is 38.1 Å². The van der Waals surface area contributed by atoms with Crippen LogP contribution in [-0.4, -0.2) is 78.5 Å². The van der Waals surface area contributed by atoms with Gasteiger partial charge in [0.15, 0.2) is 0 Å². The Labute approximate surface area is 160 Å². The lowest BCUT2D eigenvalue weighted by Crippen LogP contribution is -2.47. The van der Waals surface area contributed by atoms with Gasteiger partial charge in [0.05, 0.1) is 6.54 Å². The molecule has 0 aromatic rings. The Hall–Kier alpha value is -0.700. The summed E-state index contributed by atoms with van der Waals surface area (Å²) in [4.78, 5) is 13.0. The van der Waals surface area contributed by atoms with Crippen molar-refractivity contribution in [1.82, 2.24) is 10.2 Å². The molecule has 4 atom stereocenters. The van der Waals surface area contributed by atoms with Crippen LogP contribution in [0.4, 0.5) is 13.6 Å². The summed E-state index contributed by atoms with van der Waals surface area (Å²) < 4.78 is 31.3. The highest BCUT2D eigenvalue weighted by atomic mass is 35.5. The monoisotopic (exact) mass is 402 g/mol. The third-order valence-electron chi connectivity index (χ3n) is 4.34. The number of nitrogens with zero attached hydrogens (tertiary/aromatic N) is 1. The van der Waals surface area contributed by atoms with E-state index < -0.39 is 24.0 Å². The van der Waals surface area contributed by atoms with Crippen LogP contribution in [0.1, 0.15) is 33.6 Å². The van der Waals surface area contributed by atoms with Gasteiger partial charge >= 0.3 is 6.09 Å². The highest BCUT2D eigenvalue weighted by Gasteiger charge is 2.33. The highest BCUT2D eigenvalue weighted by Crippen LogP contribution is 2.21. The van der Waals surface area contributed by atoms with Crippen molar-refractivity contribution < 1.29 is 28.5 Å². The molecule has 2 aliphatic rings. The van der Waals surface area contributed by atoms with Crippen molar-refractivity contribution in [1.29, 1.82) is 0 Å². The minimum atomic E-state index is -1.16. The molecule has 26 heavy (non-hydrogen) atoms. The van der Waals surface area contributed by atoms with E-state index in [2.05, 4.69) is 5.32 Å². The lowest BCUT2D eigenvalue weighted by Gasteiger charge is -2.34. The lowest BCUT2D eigenvalue weighted by molar-refractivity contribution is -0.00115. The number of likely N-dealkylation sites (tertiary alicyclic amines) is 1. The predicted molar refractivity (Wildman–Crippen MR) is 98.1 cm³/mol. The highest BCUT2D eigenvalue weighted by molar-refractivity contribution is 5.85. The third-order valence-corrected chi connectivity index (χ3v) is 4.34. The van der Waals surface area contributed by atoms with Gasteiger partial charge < -0.3 is 25.2 Å². The second kappa shape index (κ2) is 11.9. The Balaban J connectivity index is 0.000000532. The van der Waals surface area contributed by atoms with Gasteiger partial charge in [0.25, 0.3) is 0 Å². The molecule has 2 rings (SSSR count). The third kappa shape index (κ3) is 8.79. The molecule has 2 aliphatic heterocycles. The molecule has 2 heterocycles. The van der Waals surface area contributed by atoms with Gasteiger partial charge in [-0.1, -0.05) is 0 Å². The van der Waals surface area contributed by atoms with E-state index in [0.29, 0.717) is 19.5 Å². The first-order valence-corrected chi connectivity index (χ1v) is 8.86. The summed E-state index contributed by atoms with van der Waals surface area (Å²) in [7, 11) is 0. The maximum atomic E-state index is 13.5. The quantitative estimate of drug-likeness (QED) is 0.657. The molecule has 2 fully saturated rings. The van der Waals surface area contributed by atoms with Gasteiger partial charge in [0.2, 0.25) is 0 Å². The minimum absolute atomic E-state index is 0. The second-order valence-corrected chi connectivity index (χ2v) is 7.63. The zero-order chi connectivity index (χ0) is 19.0. The van der Waals surface area contributed by atoms with Crippen LogP contribution in [0.25, 0.3) is 0 Å². The molecule has 156 valence electrons. The van der Waals surface area contributed by atoms with E-state index in [1.54, 1.807) is 20.8 Å². The molecule has 0 bridgehead atoms. The average Bonchev–Trinajstić information content (AvgIpc) is 2.54. The van der Waals surface area contributed by atoms with E-state index in [9.17, 15) is 13.6 Å². The first-order chi connectivity index (χ1) is 11.7. The van der Waals surface area contributed by atoms with Crippen molar-refractivity contribution in [2.24, 2.45) is 11.8 Å². The summed E-state index contributed by atoms with van der Waals surface area (Å²) in [5.74, 6) is -0.468. The molecule has 6 nitrogen and oxygen atoms in total. The number of hydrogen-bond acceptors (Lipinski definition) is 5. The van der Waals surface area contributed by atoms with Crippen molar-refractivity contribution in [3.05, 3.63) is 0 Å². The minimum Gasteiger partial charge on any atom is -0.444 e. The zero-order valence-electron chi connectivity index (χ0n) is 15.8. The Kier molecular flexibility index (Phi) is 11.6. The smallest absolute Gasteiger partial charge is 0.410 e. The number of hydrogen-bond donors (Lipinski definition) is 3. The van der Waals surface area contributed by atoms with E-state index in [1.165, 1.54) is 4.90 Å². The van der Waals surface area contributed by atoms with Crippen LogP contribution in [0.5, 0.6) is 0 Å². The number of piperidine rings is 2. The van der Waals surface area contributed by atoms with Gasteiger partial charge in [0.1, 0.15) is 17.9 Å². The molecule has 3 N–H and O–H groups in total. The van der Waals surface area contributed by atoms with Crippen molar-refractivity contribution in [2.45, 2.75) is 51.6 Å². The van der Waals surface area contributed by atoms with Crippen molar-refractivity contribution in [3.63, 3.8) is 0 Å². The fraction of sp³-hybridized carbons (Fsp3) is 0.941. The number of carbonyl (C=O) groups is 1. The topological polar surface area (TPSA) is 82.0 Å². The molecular weight excluding hydrogens is 370 g/mol. The zero-order valence-corrected chi connectivity index (χ0v) is 16.6. The number of aliphatic hydroxyl groups excluding tert-OH is 2. The summed E-state index contributed by atoms with van der Waals surface area (Å²) in [6, 6.07) is 0. The summed E-state index contributed by atoms with van der Waals surface area (Å²) >= 11 is 0. The molecule has 0 saturated carbocycles. The van der Waals surface area contributed by atoms with Crippen LogP contribution in [-0.2, 0) is 4.74 Å². The van der Waals surface area contributed by atoms with Gasteiger partial charge in [-0.25, -0.2) is 13.6 Å². The van der Waals surface area contributed by atoms with Crippen LogP contribution in [0, 0.1) is 11.8 Å². The standard InChI is InChI=1S/C11H20FNO3.C6H12FNO.ClH/c1-11(2,3)16-10(15)13-5-4-8(7-14)9(12)6-13;7-6-3-8-2-1-5(6)4-9;/h8-9,14H,4-7H2,1-3H3;5-6,8-9H,1-4H2;1H. The van der Waals surface area contributed by atoms with Gasteiger partial charge in [-0.2, -0.15) is 0 Å². The average molecular weight is 403 g/mol. The molecule has 0 aliphatic carbocycles. The van der Waals surface area contributed by atoms with Gasteiger partial charge in [-0.05, 0) is 40.2 Å².